The molecule has 3 aromatic rings. The minimum Gasteiger partial charge on any atom is -0.337 e. The molecule has 0 spiro atoms. The van der Waals surface area contributed by atoms with Gasteiger partial charge in [0.1, 0.15) is 0 Å². The molecule has 140 valence electrons. The van der Waals surface area contributed by atoms with E-state index in [9.17, 15) is 4.79 Å². The second kappa shape index (κ2) is 7.83. The normalized spacial score (nSPS) is 20.5. The highest BCUT2D eigenvalue weighted by Gasteiger charge is 2.22. The Balaban J connectivity index is 1.79. The summed E-state index contributed by atoms with van der Waals surface area (Å²) >= 11 is 6.02. The van der Waals surface area contributed by atoms with Crippen molar-refractivity contribution in [3.05, 3.63) is 75.2 Å². The molecule has 0 aliphatic carbocycles. The number of nitrogens with zero attached hydrogens (tertiary/aromatic N) is 2. The van der Waals surface area contributed by atoms with Gasteiger partial charge in [0, 0.05) is 23.3 Å². The number of nitrogens with one attached hydrogen (secondary N) is 1. The summed E-state index contributed by atoms with van der Waals surface area (Å²) in [6.45, 7) is 2.24. The lowest BCUT2D eigenvalue weighted by Crippen LogP contribution is -3.08. The van der Waals surface area contributed by atoms with Gasteiger partial charge in [0.05, 0.1) is 37.3 Å². The highest BCUT2D eigenvalue weighted by atomic mass is 35.5. The van der Waals surface area contributed by atoms with Gasteiger partial charge in [-0.15, -0.1) is 0 Å². The van der Waals surface area contributed by atoms with Crippen molar-refractivity contribution in [2.24, 2.45) is 0 Å². The molecule has 1 fully saturated rings. The molecule has 1 N–H and O–H groups in total. The summed E-state index contributed by atoms with van der Waals surface area (Å²) in [7, 11) is 2.23. The first-order valence-electron chi connectivity index (χ1n) is 9.68. The van der Waals surface area contributed by atoms with Crippen LogP contribution in [0.5, 0.6) is 0 Å². The van der Waals surface area contributed by atoms with Gasteiger partial charge in [-0.1, -0.05) is 41.9 Å². The summed E-state index contributed by atoms with van der Waals surface area (Å²) < 4.78 is 1.77. The maximum absolute atomic E-state index is 13.1. The lowest BCUT2D eigenvalue weighted by Gasteiger charge is -2.18. The smallest absolute Gasteiger partial charge is 0.274 e. The molecule has 27 heavy (non-hydrogen) atoms. The summed E-state index contributed by atoms with van der Waals surface area (Å²) in [4.78, 5) is 14.7. The van der Waals surface area contributed by atoms with Crippen LogP contribution in [0.3, 0.4) is 0 Å². The number of rotatable bonds is 3. The second-order valence-corrected chi connectivity index (χ2v) is 8.02. The average Bonchev–Trinajstić information content (AvgIpc) is 2.90. The molecule has 2 atom stereocenters. The number of hydrogen-bond donors (Lipinski definition) is 1. The van der Waals surface area contributed by atoms with Crippen molar-refractivity contribution in [2.75, 3.05) is 20.1 Å². The van der Waals surface area contributed by atoms with Gasteiger partial charge in [0.15, 0.2) is 0 Å². The number of likely N-dealkylation sites (tertiary alicyclic amines) is 1. The van der Waals surface area contributed by atoms with Crippen molar-refractivity contribution in [3.63, 3.8) is 0 Å². The summed E-state index contributed by atoms with van der Waals surface area (Å²) in [6, 6.07) is 15.9. The molecule has 5 heteroatoms. The van der Waals surface area contributed by atoms with E-state index in [0.717, 1.165) is 59.4 Å². The Labute approximate surface area is 164 Å². The fourth-order valence-corrected chi connectivity index (χ4v) is 4.14. The topological polar surface area (TPSA) is 39.3 Å². The van der Waals surface area contributed by atoms with Crippen LogP contribution in [-0.4, -0.2) is 29.9 Å². The predicted molar refractivity (Wildman–Crippen MR) is 110 cm³/mol. The van der Waals surface area contributed by atoms with Crippen molar-refractivity contribution in [2.45, 2.75) is 31.7 Å². The van der Waals surface area contributed by atoms with E-state index in [1.807, 2.05) is 48.5 Å². The number of hydrogen-bond acceptors (Lipinski definition) is 2. The van der Waals surface area contributed by atoms with E-state index in [1.165, 1.54) is 4.90 Å². The fourth-order valence-electron chi connectivity index (χ4n) is 4.01. The number of halogens is 1. The first-order chi connectivity index (χ1) is 13.1. The van der Waals surface area contributed by atoms with Crippen LogP contribution in [0, 0.1) is 0 Å². The molecule has 2 aromatic carbocycles. The van der Waals surface area contributed by atoms with Crippen LogP contribution in [0.25, 0.3) is 10.8 Å². The third-order valence-electron chi connectivity index (χ3n) is 5.58. The van der Waals surface area contributed by atoms with Crippen LogP contribution in [0.1, 0.15) is 36.6 Å². The Kier molecular flexibility index (Phi) is 5.28. The van der Waals surface area contributed by atoms with E-state index < -0.39 is 0 Å². The Morgan fingerprint density at radius 2 is 1.81 bits per heavy atom. The average molecular weight is 383 g/mol. The van der Waals surface area contributed by atoms with Crippen molar-refractivity contribution in [1.82, 2.24) is 9.78 Å². The monoisotopic (exact) mass is 382 g/mol. The highest BCUT2D eigenvalue weighted by molar-refractivity contribution is 6.30. The lowest BCUT2D eigenvalue weighted by molar-refractivity contribution is -0.878. The quantitative estimate of drug-likeness (QED) is 0.756. The van der Waals surface area contributed by atoms with E-state index >= 15 is 0 Å². The number of quaternary nitrogens is 1. The van der Waals surface area contributed by atoms with E-state index in [-0.39, 0.29) is 11.6 Å². The van der Waals surface area contributed by atoms with E-state index in [1.54, 1.807) is 4.68 Å². The van der Waals surface area contributed by atoms with Crippen molar-refractivity contribution >= 4 is 22.4 Å². The Morgan fingerprint density at radius 3 is 2.59 bits per heavy atom. The standard InChI is InChI=1S/C22H24ClN3O/c1-25-13-4-5-18(12-14-25)26-22(27)20-7-3-2-6-19(20)21(24-26)15-16-8-10-17(23)11-9-16/h2-3,6-11,18H,4-5,12-15H2,1H3/p+1/t18-/m0/s1. The zero-order chi connectivity index (χ0) is 18.8. The Morgan fingerprint density at radius 1 is 1.07 bits per heavy atom. The molecule has 2 heterocycles. The minimum atomic E-state index is 0.0370. The molecule has 0 saturated carbocycles. The molecule has 1 aliphatic rings. The molecule has 1 aliphatic heterocycles. The molecular formula is C22H25ClN3O+. The van der Waals surface area contributed by atoms with Crippen LogP contribution < -0.4 is 10.5 Å². The van der Waals surface area contributed by atoms with E-state index in [4.69, 9.17) is 16.7 Å². The molecule has 0 amide bonds. The van der Waals surface area contributed by atoms with Crippen molar-refractivity contribution in [1.29, 1.82) is 0 Å². The SMILES string of the molecule is C[NH+]1CCC[C@H](n2nc(Cc3ccc(Cl)cc3)c3ccccc3c2=O)CC1. The maximum atomic E-state index is 13.1. The maximum Gasteiger partial charge on any atom is 0.274 e. The lowest BCUT2D eigenvalue weighted by atomic mass is 10.0. The molecule has 0 radical (unpaired) electrons. The number of fused-ring (bicyclic) bond motifs is 1. The van der Waals surface area contributed by atoms with Crippen LogP contribution >= 0.6 is 11.6 Å². The third kappa shape index (κ3) is 3.92. The molecule has 4 nitrogen and oxygen atoms in total. The van der Waals surface area contributed by atoms with E-state index in [0.29, 0.717) is 6.42 Å². The number of benzene rings is 2. The van der Waals surface area contributed by atoms with Crippen molar-refractivity contribution < 1.29 is 4.90 Å². The fraction of sp³-hybridized carbons (Fsp3) is 0.364. The van der Waals surface area contributed by atoms with Gasteiger partial charge in [-0.2, -0.15) is 5.10 Å². The summed E-state index contributed by atoms with van der Waals surface area (Å²) in [5.41, 5.74) is 2.14. The molecule has 4 rings (SSSR count). The largest absolute Gasteiger partial charge is 0.337 e. The highest BCUT2D eigenvalue weighted by Crippen LogP contribution is 2.22. The van der Waals surface area contributed by atoms with Gasteiger partial charge in [0.2, 0.25) is 0 Å². The zero-order valence-electron chi connectivity index (χ0n) is 15.6. The predicted octanol–water partition coefficient (Wildman–Crippen LogP) is 2.88. The van der Waals surface area contributed by atoms with Gasteiger partial charge in [-0.3, -0.25) is 4.79 Å². The van der Waals surface area contributed by atoms with E-state index in [2.05, 4.69) is 7.05 Å². The van der Waals surface area contributed by atoms with Gasteiger partial charge >= 0.3 is 0 Å². The zero-order valence-corrected chi connectivity index (χ0v) is 16.4. The van der Waals surface area contributed by atoms with Crippen molar-refractivity contribution in [3.8, 4) is 0 Å². The number of aromatic nitrogens is 2. The first-order valence-corrected chi connectivity index (χ1v) is 10.1. The molecular weight excluding hydrogens is 358 g/mol. The summed E-state index contributed by atoms with van der Waals surface area (Å²) in [5, 5.41) is 7.31. The van der Waals surface area contributed by atoms with Gasteiger partial charge in [-0.05, 0) is 36.6 Å². The Bertz CT molecular complexity index is 997. The summed E-state index contributed by atoms with van der Waals surface area (Å²) in [6.07, 6.45) is 3.83. The third-order valence-corrected chi connectivity index (χ3v) is 5.83. The molecule has 1 saturated heterocycles. The first kappa shape index (κ1) is 18.2. The second-order valence-electron chi connectivity index (χ2n) is 7.59. The summed E-state index contributed by atoms with van der Waals surface area (Å²) in [5.74, 6) is 0. The van der Waals surface area contributed by atoms with Crippen LogP contribution in [0.2, 0.25) is 5.02 Å². The molecule has 1 aromatic heterocycles. The van der Waals surface area contributed by atoms with Crippen LogP contribution in [-0.2, 0) is 6.42 Å². The molecule has 1 unspecified atom stereocenters. The van der Waals surface area contributed by atoms with Gasteiger partial charge in [0.25, 0.3) is 5.56 Å². The minimum absolute atomic E-state index is 0.0370. The van der Waals surface area contributed by atoms with Crippen LogP contribution in [0.4, 0.5) is 0 Å². The molecule has 0 bridgehead atoms. The van der Waals surface area contributed by atoms with Crippen LogP contribution in [0.15, 0.2) is 53.3 Å². The van der Waals surface area contributed by atoms with Gasteiger partial charge in [-0.25, -0.2) is 4.68 Å². The van der Waals surface area contributed by atoms with Gasteiger partial charge < -0.3 is 4.90 Å². The Hall–Kier alpha value is -2.17.